The van der Waals surface area contributed by atoms with Crippen molar-refractivity contribution in [3.63, 3.8) is 0 Å². The molecule has 0 radical (unpaired) electrons. The highest BCUT2D eigenvalue weighted by atomic mass is 32.2. The average Bonchev–Trinajstić information content (AvgIpc) is 3.13. The number of benzene rings is 2. The minimum Gasteiger partial charge on any atom is -0.351 e. The number of hydrogen-bond donors (Lipinski definition) is 2. The second-order valence-electron chi connectivity index (χ2n) is 6.43. The maximum Gasteiger partial charge on any atom is 0.243 e. The Balaban J connectivity index is 1.79. The van der Waals surface area contributed by atoms with Crippen LogP contribution in [0.25, 0.3) is 11.0 Å². The first kappa shape index (κ1) is 19.4. The molecule has 3 aromatic rings. The van der Waals surface area contributed by atoms with Gasteiger partial charge >= 0.3 is 0 Å². The number of carbonyl (C=O) groups excluding carboxylic acids is 1. The van der Waals surface area contributed by atoms with E-state index in [4.69, 9.17) is 0 Å². The maximum absolute atomic E-state index is 12.9. The summed E-state index contributed by atoms with van der Waals surface area (Å²) in [5.74, 6) is -0.607. The summed E-state index contributed by atoms with van der Waals surface area (Å²) in [5, 5.41) is 2.79. The van der Waals surface area contributed by atoms with E-state index in [1.807, 2.05) is 30.3 Å². The molecule has 142 valence electrons. The van der Waals surface area contributed by atoms with Crippen LogP contribution in [-0.4, -0.2) is 29.1 Å². The summed E-state index contributed by atoms with van der Waals surface area (Å²) >= 11 is 0.949. The smallest absolute Gasteiger partial charge is 0.243 e. The number of rotatable bonds is 7. The Labute approximate surface area is 162 Å². The lowest BCUT2D eigenvalue weighted by Gasteiger charge is -2.21. The van der Waals surface area contributed by atoms with Crippen molar-refractivity contribution in [3.8, 4) is 0 Å². The van der Waals surface area contributed by atoms with Crippen LogP contribution in [0.5, 0.6) is 0 Å². The van der Waals surface area contributed by atoms with Crippen molar-refractivity contribution in [3.05, 3.63) is 54.1 Å². The van der Waals surface area contributed by atoms with Crippen molar-refractivity contribution in [1.82, 2.24) is 18.8 Å². The number of sulfonamides is 1. The molecule has 0 spiro atoms. The van der Waals surface area contributed by atoms with Crippen molar-refractivity contribution < 1.29 is 13.2 Å². The molecular weight excluding hydrogens is 384 g/mol. The van der Waals surface area contributed by atoms with E-state index in [0.717, 1.165) is 17.3 Å². The Hall–Kier alpha value is -2.36. The fourth-order valence-electron chi connectivity index (χ4n) is 2.62. The zero-order valence-corrected chi connectivity index (χ0v) is 16.5. The molecule has 1 amide bonds. The highest BCUT2D eigenvalue weighted by Crippen LogP contribution is 2.21. The summed E-state index contributed by atoms with van der Waals surface area (Å²) in [6.07, 6.45) is 0. The molecule has 27 heavy (non-hydrogen) atoms. The monoisotopic (exact) mass is 404 g/mol. The van der Waals surface area contributed by atoms with Crippen molar-refractivity contribution in [2.75, 3.05) is 0 Å². The van der Waals surface area contributed by atoms with Crippen molar-refractivity contribution in [2.45, 2.75) is 31.3 Å². The van der Waals surface area contributed by atoms with Crippen molar-refractivity contribution >= 4 is 38.7 Å². The van der Waals surface area contributed by atoms with Gasteiger partial charge in [0.2, 0.25) is 15.9 Å². The Kier molecular flexibility index (Phi) is 5.83. The summed E-state index contributed by atoms with van der Waals surface area (Å²) < 4.78 is 36.4. The van der Waals surface area contributed by atoms with Gasteiger partial charge in [-0.2, -0.15) is 13.5 Å². The number of aromatic nitrogens is 2. The van der Waals surface area contributed by atoms with Crippen LogP contribution in [0.4, 0.5) is 0 Å². The Morgan fingerprint density at radius 3 is 2.52 bits per heavy atom. The van der Waals surface area contributed by atoms with E-state index in [2.05, 4.69) is 18.8 Å². The lowest BCUT2D eigenvalue weighted by molar-refractivity contribution is -0.123. The Bertz CT molecular complexity index is 1030. The summed E-state index contributed by atoms with van der Waals surface area (Å²) in [7, 11) is -3.94. The fraction of sp³-hybridized carbons (Fsp3) is 0.278. The first-order valence-electron chi connectivity index (χ1n) is 8.44. The minimum atomic E-state index is -3.94. The highest BCUT2D eigenvalue weighted by molar-refractivity contribution is 7.89. The number of nitrogens with zero attached hydrogens (tertiary/aromatic N) is 2. The number of fused-ring (bicyclic) bond motifs is 1. The third kappa shape index (κ3) is 4.49. The maximum atomic E-state index is 12.9. The van der Waals surface area contributed by atoms with Gasteiger partial charge in [0.1, 0.15) is 22.0 Å². The lowest BCUT2D eigenvalue weighted by Crippen LogP contribution is -2.49. The van der Waals surface area contributed by atoms with Gasteiger partial charge in [-0.1, -0.05) is 50.2 Å². The van der Waals surface area contributed by atoms with Gasteiger partial charge in [0, 0.05) is 6.54 Å². The Morgan fingerprint density at radius 1 is 1.07 bits per heavy atom. The van der Waals surface area contributed by atoms with Crippen LogP contribution in [0, 0.1) is 5.92 Å². The quantitative estimate of drug-likeness (QED) is 0.629. The third-order valence-electron chi connectivity index (χ3n) is 4.08. The average molecular weight is 405 g/mol. The van der Waals surface area contributed by atoms with E-state index in [9.17, 15) is 13.2 Å². The Morgan fingerprint density at radius 2 is 1.81 bits per heavy atom. The van der Waals surface area contributed by atoms with Crippen LogP contribution in [0.15, 0.2) is 53.4 Å². The number of hydrogen-bond acceptors (Lipinski definition) is 6. The largest absolute Gasteiger partial charge is 0.351 e. The molecule has 2 aromatic carbocycles. The molecule has 0 bridgehead atoms. The van der Waals surface area contributed by atoms with E-state index in [-0.39, 0.29) is 16.7 Å². The van der Waals surface area contributed by atoms with Crippen LogP contribution >= 0.6 is 11.7 Å². The standard InChI is InChI=1S/C18H20N4O3S2/c1-12(2)16(18(23)19-11-13-7-4-3-5-8-13)22-27(24,25)15-10-6-9-14-17(15)21-26-20-14/h3-10,12,16,22H,11H2,1-2H3,(H,19,23)/t16-/m0/s1. The van der Waals surface area contributed by atoms with E-state index < -0.39 is 16.1 Å². The normalized spacial score (nSPS) is 13.0. The first-order valence-corrected chi connectivity index (χ1v) is 10.6. The van der Waals surface area contributed by atoms with Gasteiger partial charge in [-0.25, -0.2) is 8.42 Å². The molecule has 1 atom stereocenters. The second-order valence-corrected chi connectivity index (χ2v) is 8.65. The summed E-state index contributed by atoms with van der Waals surface area (Å²) in [5.41, 5.74) is 1.76. The predicted molar refractivity (Wildman–Crippen MR) is 105 cm³/mol. The van der Waals surface area contributed by atoms with Crippen LogP contribution in [0.2, 0.25) is 0 Å². The third-order valence-corrected chi connectivity index (χ3v) is 6.09. The number of carbonyl (C=O) groups is 1. The lowest BCUT2D eigenvalue weighted by atomic mass is 10.0. The van der Waals surface area contributed by atoms with Gasteiger partial charge in [-0.15, -0.1) is 0 Å². The zero-order chi connectivity index (χ0) is 19.4. The van der Waals surface area contributed by atoms with Gasteiger partial charge in [0.05, 0.1) is 11.7 Å². The van der Waals surface area contributed by atoms with Gasteiger partial charge in [0.15, 0.2) is 0 Å². The topological polar surface area (TPSA) is 101 Å². The van der Waals surface area contributed by atoms with Gasteiger partial charge < -0.3 is 5.32 Å². The van der Waals surface area contributed by atoms with Crippen molar-refractivity contribution in [1.29, 1.82) is 0 Å². The first-order chi connectivity index (χ1) is 12.9. The molecule has 0 saturated carbocycles. The van der Waals surface area contributed by atoms with Gasteiger partial charge in [-0.3, -0.25) is 4.79 Å². The predicted octanol–water partition coefficient (Wildman–Crippen LogP) is 2.31. The molecule has 3 rings (SSSR count). The van der Waals surface area contributed by atoms with Gasteiger partial charge in [-0.05, 0) is 23.6 Å². The van der Waals surface area contributed by atoms with Gasteiger partial charge in [0.25, 0.3) is 0 Å². The summed E-state index contributed by atoms with van der Waals surface area (Å²) in [6, 6.07) is 13.3. The molecular formula is C18H20N4O3S2. The molecule has 2 N–H and O–H groups in total. The van der Waals surface area contributed by atoms with Crippen LogP contribution in [0.3, 0.4) is 0 Å². The van der Waals surface area contributed by atoms with E-state index in [1.165, 1.54) is 6.07 Å². The number of amides is 1. The molecule has 0 aliphatic rings. The molecule has 0 saturated heterocycles. The molecule has 1 aromatic heterocycles. The van der Waals surface area contributed by atoms with Crippen LogP contribution in [0.1, 0.15) is 19.4 Å². The molecule has 1 heterocycles. The van der Waals surface area contributed by atoms with Crippen LogP contribution < -0.4 is 10.0 Å². The molecule has 0 fully saturated rings. The van der Waals surface area contributed by atoms with E-state index >= 15 is 0 Å². The highest BCUT2D eigenvalue weighted by Gasteiger charge is 2.29. The molecule has 0 aliphatic carbocycles. The fourth-order valence-corrected chi connectivity index (χ4v) is 4.73. The second kappa shape index (κ2) is 8.12. The van der Waals surface area contributed by atoms with E-state index in [0.29, 0.717) is 17.6 Å². The SMILES string of the molecule is CC(C)[C@H](NS(=O)(=O)c1cccc2nsnc12)C(=O)NCc1ccccc1. The van der Waals surface area contributed by atoms with Crippen molar-refractivity contribution in [2.24, 2.45) is 5.92 Å². The minimum absolute atomic E-state index is 0.0234. The zero-order valence-electron chi connectivity index (χ0n) is 14.9. The van der Waals surface area contributed by atoms with Crippen LogP contribution in [-0.2, 0) is 21.4 Å². The molecule has 7 nitrogen and oxygen atoms in total. The molecule has 9 heteroatoms. The molecule has 0 aliphatic heterocycles. The van der Waals surface area contributed by atoms with E-state index in [1.54, 1.807) is 26.0 Å². The number of nitrogens with one attached hydrogen (secondary N) is 2. The summed E-state index contributed by atoms with van der Waals surface area (Å²) in [6.45, 7) is 3.91. The molecule has 0 unspecified atom stereocenters. The summed E-state index contributed by atoms with van der Waals surface area (Å²) in [4.78, 5) is 12.6.